The Hall–Kier alpha value is -3.19. The van der Waals surface area contributed by atoms with Crippen molar-refractivity contribution in [3.8, 4) is 0 Å². The van der Waals surface area contributed by atoms with Crippen molar-refractivity contribution < 1.29 is 14.8 Å². The molecule has 3 aromatic rings. The number of amides is 1. The van der Waals surface area contributed by atoms with Gasteiger partial charge in [-0.3, -0.25) is 14.9 Å². The number of nitro groups is 1. The van der Waals surface area contributed by atoms with Gasteiger partial charge in [-0.25, -0.2) is 0 Å². The molecular formula is C18H17N3O4. The molecule has 0 bridgehead atoms. The van der Waals surface area contributed by atoms with Crippen LogP contribution in [-0.4, -0.2) is 27.5 Å². The summed E-state index contributed by atoms with van der Waals surface area (Å²) in [6, 6.07) is 13.3. The fourth-order valence-electron chi connectivity index (χ4n) is 2.66. The number of nitrogens with zero attached hydrogens (tertiary/aromatic N) is 1. The van der Waals surface area contributed by atoms with Gasteiger partial charge in [0.15, 0.2) is 0 Å². The number of non-ortho nitro benzene ring substituents is 1. The Morgan fingerprint density at radius 2 is 2.00 bits per heavy atom. The zero-order valence-electron chi connectivity index (χ0n) is 13.5. The Balaban J connectivity index is 1.81. The van der Waals surface area contributed by atoms with Crippen molar-refractivity contribution in [2.75, 3.05) is 6.54 Å². The lowest BCUT2D eigenvalue weighted by molar-refractivity contribution is -0.384. The fraction of sp³-hybridized carbons (Fsp3) is 0.167. The maximum absolute atomic E-state index is 12.5. The van der Waals surface area contributed by atoms with Crippen LogP contribution in [0.2, 0.25) is 0 Å². The molecule has 1 atom stereocenters. The number of carbonyl (C=O) groups is 1. The summed E-state index contributed by atoms with van der Waals surface area (Å²) in [7, 11) is 0. The summed E-state index contributed by atoms with van der Waals surface area (Å²) in [4.78, 5) is 25.8. The molecule has 7 nitrogen and oxygen atoms in total. The van der Waals surface area contributed by atoms with Crippen LogP contribution < -0.4 is 5.32 Å². The normalized spacial score (nSPS) is 13.4. The molecule has 1 unspecified atom stereocenters. The Morgan fingerprint density at radius 1 is 1.28 bits per heavy atom. The SMILES string of the molecule is CC(O)(CNC(=O)c1c[nH]c2ccc([N+](=O)[O-])cc12)c1ccccc1. The van der Waals surface area contributed by atoms with E-state index in [1.807, 2.05) is 18.2 Å². The van der Waals surface area contributed by atoms with Gasteiger partial charge in [0.05, 0.1) is 17.0 Å². The molecule has 0 saturated carbocycles. The number of aromatic nitrogens is 1. The quantitative estimate of drug-likeness (QED) is 0.490. The van der Waals surface area contributed by atoms with Gasteiger partial charge in [-0.1, -0.05) is 30.3 Å². The molecule has 0 aliphatic rings. The van der Waals surface area contributed by atoms with Crippen molar-refractivity contribution in [3.63, 3.8) is 0 Å². The summed E-state index contributed by atoms with van der Waals surface area (Å²) in [6.07, 6.45) is 1.50. The number of aromatic amines is 1. The Morgan fingerprint density at radius 3 is 2.68 bits per heavy atom. The average Bonchev–Trinajstić information content (AvgIpc) is 3.03. The predicted octanol–water partition coefficient (Wildman–Crippen LogP) is 2.71. The molecule has 128 valence electrons. The third-order valence-electron chi connectivity index (χ3n) is 4.11. The summed E-state index contributed by atoms with van der Waals surface area (Å²) < 4.78 is 0. The third kappa shape index (κ3) is 3.36. The Kier molecular flexibility index (Phi) is 4.24. The highest BCUT2D eigenvalue weighted by atomic mass is 16.6. The lowest BCUT2D eigenvalue weighted by atomic mass is 9.96. The second-order valence-electron chi connectivity index (χ2n) is 6.01. The molecular weight excluding hydrogens is 322 g/mol. The Bertz CT molecular complexity index is 932. The maximum atomic E-state index is 12.5. The van der Waals surface area contributed by atoms with Crippen LogP contribution in [0.25, 0.3) is 10.9 Å². The van der Waals surface area contributed by atoms with Crippen molar-refractivity contribution in [2.45, 2.75) is 12.5 Å². The van der Waals surface area contributed by atoms with Crippen molar-refractivity contribution in [1.29, 1.82) is 0 Å². The number of nitrogens with one attached hydrogen (secondary N) is 2. The molecule has 1 aromatic heterocycles. The molecule has 0 radical (unpaired) electrons. The van der Waals surface area contributed by atoms with Crippen molar-refractivity contribution in [2.24, 2.45) is 0 Å². The Labute approximate surface area is 143 Å². The van der Waals surface area contributed by atoms with Crippen LogP contribution in [0.5, 0.6) is 0 Å². The molecule has 2 aromatic carbocycles. The number of aliphatic hydroxyl groups is 1. The second kappa shape index (κ2) is 6.37. The number of H-pyrrole nitrogens is 1. The predicted molar refractivity (Wildman–Crippen MR) is 93.3 cm³/mol. The number of rotatable bonds is 5. The monoisotopic (exact) mass is 339 g/mol. The summed E-state index contributed by atoms with van der Waals surface area (Å²) in [5, 5.41) is 24.6. The third-order valence-corrected chi connectivity index (χ3v) is 4.11. The highest BCUT2D eigenvalue weighted by molar-refractivity contribution is 6.07. The molecule has 0 saturated heterocycles. The molecule has 1 heterocycles. The standard InChI is InChI=1S/C18H17N3O4/c1-18(23,12-5-3-2-4-6-12)11-20-17(22)15-10-19-16-8-7-13(21(24)25)9-14(15)16/h2-10,19,23H,11H2,1H3,(H,20,22). The van der Waals surface area contributed by atoms with Crippen molar-refractivity contribution >= 4 is 22.5 Å². The molecule has 3 N–H and O–H groups in total. The fourth-order valence-corrected chi connectivity index (χ4v) is 2.66. The molecule has 1 amide bonds. The summed E-state index contributed by atoms with van der Waals surface area (Å²) in [6.45, 7) is 1.63. The zero-order valence-corrected chi connectivity index (χ0v) is 13.5. The van der Waals surface area contributed by atoms with E-state index in [0.29, 0.717) is 22.0 Å². The summed E-state index contributed by atoms with van der Waals surface area (Å²) in [5.74, 6) is -0.414. The van der Waals surface area contributed by atoms with Gasteiger partial charge in [0.1, 0.15) is 5.60 Å². The first-order chi connectivity index (χ1) is 11.9. The van der Waals surface area contributed by atoms with Crippen LogP contribution in [0.15, 0.2) is 54.7 Å². The largest absolute Gasteiger partial charge is 0.384 e. The van der Waals surface area contributed by atoms with Crippen LogP contribution in [-0.2, 0) is 5.60 Å². The second-order valence-corrected chi connectivity index (χ2v) is 6.01. The van der Waals surface area contributed by atoms with E-state index in [1.165, 1.54) is 18.3 Å². The maximum Gasteiger partial charge on any atom is 0.270 e. The van der Waals surface area contributed by atoms with Crippen molar-refractivity contribution in [3.05, 3.63) is 76.0 Å². The van der Waals surface area contributed by atoms with Crippen LogP contribution in [0, 0.1) is 10.1 Å². The minimum atomic E-state index is -1.23. The first kappa shape index (κ1) is 16.7. The van der Waals surface area contributed by atoms with E-state index in [9.17, 15) is 20.0 Å². The van der Waals surface area contributed by atoms with E-state index in [1.54, 1.807) is 25.1 Å². The molecule has 0 spiro atoms. The van der Waals surface area contributed by atoms with E-state index in [4.69, 9.17) is 0 Å². The van der Waals surface area contributed by atoms with E-state index < -0.39 is 16.4 Å². The number of nitro benzene ring substituents is 1. The molecule has 0 aliphatic heterocycles. The minimum Gasteiger partial charge on any atom is -0.384 e. The smallest absolute Gasteiger partial charge is 0.270 e. The topological polar surface area (TPSA) is 108 Å². The van der Waals surface area contributed by atoms with Gasteiger partial charge in [0.25, 0.3) is 11.6 Å². The van der Waals surface area contributed by atoms with E-state index in [-0.39, 0.29) is 12.2 Å². The number of fused-ring (bicyclic) bond motifs is 1. The van der Waals surface area contributed by atoms with Crippen molar-refractivity contribution in [1.82, 2.24) is 10.3 Å². The molecule has 25 heavy (non-hydrogen) atoms. The average molecular weight is 339 g/mol. The van der Waals surface area contributed by atoms with Gasteiger partial charge in [-0.2, -0.15) is 0 Å². The minimum absolute atomic E-state index is 0.0114. The van der Waals surface area contributed by atoms with Crippen LogP contribution in [0.4, 0.5) is 5.69 Å². The zero-order chi connectivity index (χ0) is 18.0. The van der Waals surface area contributed by atoms with E-state index >= 15 is 0 Å². The molecule has 7 heteroatoms. The number of hydrogen-bond donors (Lipinski definition) is 3. The van der Waals surface area contributed by atoms with Gasteiger partial charge in [0, 0.05) is 29.2 Å². The highest BCUT2D eigenvalue weighted by Crippen LogP contribution is 2.24. The van der Waals surface area contributed by atoms with Gasteiger partial charge in [-0.15, -0.1) is 0 Å². The van der Waals surface area contributed by atoms with Gasteiger partial charge in [0.2, 0.25) is 0 Å². The van der Waals surface area contributed by atoms with E-state index in [0.717, 1.165) is 0 Å². The first-order valence-electron chi connectivity index (χ1n) is 7.70. The van der Waals surface area contributed by atoms with Gasteiger partial charge < -0.3 is 15.4 Å². The summed E-state index contributed by atoms with van der Waals surface area (Å²) in [5.41, 5.74) is 0.296. The molecule has 3 rings (SSSR count). The van der Waals surface area contributed by atoms with Crippen LogP contribution in [0.1, 0.15) is 22.8 Å². The van der Waals surface area contributed by atoms with Gasteiger partial charge in [-0.05, 0) is 18.6 Å². The van der Waals surface area contributed by atoms with E-state index in [2.05, 4.69) is 10.3 Å². The number of benzene rings is 2. The lowest BCUT2D eigenvalue weighted by Gasteiger charge is -2.24. The van der Waals surface area contributed by atoms with Crippen LogP contribution in [0.3, 0.4) is 0 Å². The van der Waals surface area contributed by atoms with Crippen LogP contribution >= 0.6 is 0 Å². The number of hydrogen-bond acceptors (Lipinski definition) is 4. The highest BCUT2D eigenvalue weighted by Gasteiger charge is 2.24. The lowest BCUT2D eigenvalue weighted by Crippen LogP contribution is -2.38. The number of carbonyl (C=O) groups excluding carboxylic acids is 1. The summed E-state index contributed by atoms with van der Waals surface area (Å²) >= 11 is 0. The molecule has 0 fully saturated rings. The molecule has 0 aliphatic carbocycles. The van der Waals surface area contributed by atoms with Gasteiger partial charge >= 0.3 is 0 Å². The first-order valence-corrected chi connectivity index (χ1v) is 7.70.